The standard InChI is InChI=1S/C25H19ClOS/c1-25(2,3)17-7-8-22-20(13-17)24(27)19-11-16-10-18-14(5-4-6-21(18)26)9-15(16)12-23(19)28-22/h4-13H,1-3H3. The Morgan fingerprint density at radius 1 is 0.750 bits per heavy atom. The highest BCUT2D eigenvalue weighted by Crippen LogP contribution is 2.34. The molecule has 0 radical (unpaired) electrons. The summed E-state index contributed by atoms with van der Waals surface area (Å²) in [7, 11) is 0. The van der Waals surface area contributed by atoms with Crippen molar-refractivity contribution in [3.05, 3.63) is 81.5 Å². The first-order valence-corrected chi connectivity index (χ1v) is 10.5. The maximum atomic E-state index is 13.3. The molecular formula is C25H19ClOS. The number of rotatable bonds is 0. The predicted molar refractivity (Wildman–Crippen MR) is 124 cm³/mol. The molecule has 138 valence electrons. The molecule has 28 heavy (non-hydrogen) atoms. The second kappa shape index (κ2) is 6.04. The molecule has 0 aliphatic carbocycles. The third kappa shape index (κ3) is 2.71. The zero-order valence-electron chi connectivity index (χ0n) is 16.0. The van der Waals surface area contributed by atoms with Crippen molar-refractivity contribution in [2.75, 3.05) is 0 Å². The Morgan fingerprint density at radius 2 is 1.46 bits per heavy atom. The van der Waals surface area contributed by atoms with Crippen LogP contribution in [0, 0.1) is 0 Å². The first kappa shape index (κ1) is 17.7. The van der Waals surface area contributed by atoms with Crippen LogP contribution in [0.4, 0.5) is 0 Å². The lowest BCUT2D eigenvalue weighted by Crippen LogP contribution is -2.12. The third-order valence-corrected chi connectivity index (χ3v) is 6.90. The summed E-state index contributed by atoms with van der Waals surface area (Å²) in [5.41, 5.74) is 1.30. The van der Waals surface area contributed by atoms with Gasteiger partial charge in [0.15, 0.2) is 5.43 Å². The quantitative estimate of drug-likeness (QED) is 0.243. The monoisotopic (exact) mass is 402 g/mol. The summed E-state index contributed by atoms with van der Waals surface area (Å²) in [6, 6.07) is 20.6. The van der Waals surface area contributed by atoms with Gasteiger partial charge in [-0.05, 0) is 69.6 Å². The molecule has 0 aliphatic heterocycles. The summed E-state index contributed by atoms with van der Waals surface area (Å²) < 4.78 is 2.06. The highest BCUT2D eigenvalue weighted by atomic mass is 35.5. The van der Waals surface area contributed by atoms with Crippen LogP contribution in [-0.4, -0.2) is 0 Å². The minimum Gasteiger partial charge on any atom is -0.289 e. The Morgan fingerprint density at radius 3 is 2.25 bits per heavy atom. The van der Waals surface area contributed by atoms with Crippen molar-refractivity contribution in [3.8, 4) is 0 Å². The van der Waals surface area contributed by atoms with Crippen molar-refractivity contribution in [1.29, 1.82) is 0 Å². The van der Waals surface area contributed by atoms with Crippen LogP contribution in [0.2, 0.25) is 5.02 Å². The minimum absolute atomic E-state index is 0.0132. The van der Waals surface area contributed by atoms with E-state index in [1.165, 1.54) is 5.56 Å². The van der Waals surface area contributed by atoms with Gasteiger partial charge in [-0.25, -0.2) is 0 Å². The molecule has 0 aliphatic rings. The predicted octanol–water partition coefficient (Wildman–Crippen LogP) is 7.67. The number of hydrogen-bond acceptors (Lipinski definition) is 2. The molecule has 0 N–H and O–H groups in total. The van der Waals surface area contributed by atoms with E-state index in [0.29, 0.717) is 0 Å². The molecule has 3 heteroatoms. The largest absolute Gasteiger partial charge is 0.289 e. The topological polar surface area (TPSA) is 17.1 Å². The van der Waals surface area contributed by atoms with Gasteiger partial charge in [0.2, 0.25) is 0 Å². The summed E-state index contributed by atoms with van der Waals surface area (Å²) in [5.74, 6) is 0. The van der Waals surface area contributed by atoms with Gasteiger partial charge >= 0.3 is 0 Å². The van der Waals surface area contributed by atoms with Crippen LogP contribution in [0.15, 0.2) is 65.5 Å². The van der Waals surface area contributed by atoms with Crippen molar-refractivity contribution in [1.82, 2.24) is 0 Å². The van der Waals surface area contributed by atoms with Crippen LogP contribution < -0.4 is 5.43 Å². The van der Waals surface area contributed by atoms with E-state index in [1.807, 2.05) is 18.2 Å². The maximum absolute atomic E-state index is 13.3. The zero-order chi connectivity index (χ0) is 19.6. The second-order valence-electron chi connectivity index (χ2n) is 8.40. The van der Waals surface area contributed by atoms with Crippen molar-refractivity contribution < 1.29 is 0 Å². The molecule has 0 atom stereocenters. The molecule has 0 spiro atoms. The lowest BCUT2D eigenvalue weighted by Gasteiger charge is -2.19. The number of benzene rings is 4. The first-order chi connectivity index (χ1) is 13.3. The van der Waals surface area contributed by atoms with Gasteiger partial charge in [0.1, 0.15) is 0 Å². The molecule has 5 rings (SSSR count). The Bertz CT molecular complexity index is 1470. The van der Waals surface area contributed by atoms with Crippen LogP contribution in [0.3, 0.4) is 0 Å². The van der Waals surface area contributed by atoms with E-state index in [2.05, 4.69) is 63.2 Å². The summed E-state index contributed by atoms with van der Waals surface area (Å²) in [5, 5.41) is 6.63. The fraction of sp³-hybridized carbons (Fsp3) is 0.160. The van der Waals surface area contributed by atoms with E-state index in [0.717, 1.165) is 46.7 Å². The molecule has 1 nitrogen and oxygen atoms in total. The van der Waals surface area contributed by atoms with Crippen LogP contribution in [0.1, 0.15) is 26.3 Å². The fourth-order valence-electron chi connectivity index (χ4n) is 3.81. The van der Waals surface area contributed by atoms with E-state index >= 15 is 0 Å². The minimum atomic E-state index is 0.0132. The van der Waals surface area contributed by atoms with E-state index in [-0.39, 0.29) is 10.8 Å². The molecule has 0 amide bonds. The summed E-state index contributed by atoms with van der Waals surface area (Å²) in [6.45, 7) is 6.52. The number of fused-ring (bicyclic) bond motifs is 4. The van der Waals surface area contributed by atoms with E-state index in [9.17, 15) is 4.79 Å². The molecule has 1 heterocycles. The van der Waals surface area contributed by atoms with Crippen LogP contribution in [0.25, 0.3) is 41.7 Å². The number of halogens is 1. The Labute approximate surface area is 172 Å². The molecule has 0 unspecified atom stereocenters. The lowest BCUT2D eigenvalue weighted by molar-refractivity contribution is 0.591. The van der Waals surface area contributed by atoms with Crippen molar-refractivity contribution in [2.24, 2.45) is 0 Å². The van der Waals surface area contributed by atoms with Gasteiger partial charge < -0.3 is 0 Å². The van der Waals surface area contributed by atoms with Crippen molar-refractivity contribution in [3.63, 3.8) is 0 Å². The van der Waals surface area contributed by atoms with Gasteiger partial charge in [0, 0.05) is 30.6 Å². The Hall–Kier alpha value is -2.42. The molecule has 0 bridgehead atoms. The van der Waals surface area contributed by atoms with E-state index in [1.54, 1.807) is 11.3 Å². The highest BCUT2D eigenvalue weighted by molar-refractivity contribution is 7.24. The lowest BCUT2D eigenvalue weighted by atomic mass is 9.86. The highest BCUT2D eigenvalue weighted by Gasteiger charge is 2.16. The second-order valence-corrected chi connectivity index (χ2v) is 9.89. The molecule has 0 saturated carbocycles. The van der Waals surface area contributed by atoms with Gasteiger partial charge in [0.05, 0.1) is 0 Å². The molecule has 0 saturated heterocycles. The van der Waals surface area contributed by atoms with Gasteiger partial charge in [-0.1, -0.05) is 50.6 Å². The summed E-state index contributed by atoms with van der Waals surface area (Å²) >= 11 is 8.07. The first-order valence-electron chi connectivity index (χ1n) is 9.34. The van der Waals surface area contributed by atoms with Crippen LogP contribution >= 0.6 is 22.9 Å². The van der Waals surface area contributed by atoms with Crippen molar-refractivity contribution >= 4 is 64.7 Å². The molecule has 1 aromatic heterocycles. The van der Waals surface area contributed by atoms with Gasteiger partial charge in [-0.3, -0.25) is 4.79 Å². The molecule has 0 fully saturated rings. The van der Waals surface area contributed by atoms with Crippen LogP contribution in [-0.2, 0) is 5.41 Å². The fourth-order valence-corrected chi connectivity index (χ4v) is 5.12. The third-order valence-electron chi connectivity index (χ3n) is 5.44. The molecule has 5 aromatic rings. The Kier molecular flexibility index (Phi) is 3.81. The zero-order valence-corrected chi connectivity index (χ0v) is 17.5. The van der Waals surface area contributed by atoms with E-state index in [4.69, 9.17) is 11.6 Å². The molecule has 4 aromatic carbocycles. The average Bonchev–Trinajstić information content (AvgIpc) is 2.65. The average molecular weight is 403 g/mol. The summed E-state index contributed by atoms with van der Waals surface area (Å²) in [4.78, 5) is 13.3. The van der Waals surface area contributed by atoms with Gasteiger partial charge in [-0.15, -0.1) is 11.3 Å². The van der Waals surface area contributed by atoms with Gasteiger partial charge in [0.25, 0.3) is 0 Å². The summed E-state index contributed by atoms with van der Waals surface area (Å²) in [6.07, 6.45) is 0. The van der Waals surface area contributed by atoms with Gasteiger partial charge in [-0.2, -0.15) is 0 Å². The Balaban J connectivity index is 1.88. The van der Waals surface area contributed by atoms with Crippen molar-refractivity contribution in [2.45, 2.75) is 26.2 Å². The molecular weight excluding hydrogens is 384 g/mol. The SMILES string of the molecule is CC(C)(C)c1ccc2sc3cc4cc5cccc(Cl)c5cc4cc3c(=O)c2c1. The normalized spacial score (nSPS) is 12.4. The van der Waals surface area contributed by atoms with Crippen LogP contribution in [0.5, 0.6) is 0 Å². The number of hydrogen-bond donors (Lipinski definition) is 0. The maximum Gasteiger partial charge on any atom is 0.195 e. The van der Waals surface area contributed by atoms with E-state index < -0.39 is 0 Å². The smallest absolute Gasteiger partial charge is 0.195 e.